The molecule has 2 aromatic carbocycles. The van der Waals surface area contributed by atoms with Gasteiger partial charge in [-0.15, -0.1) is 5.10 Å². The Balaban J connectivity index is 1.62. The van der Waals surface area contributed by atoms with Crippen molar-refractivity contribution in [2.75, 3.05) is 31.3 Å². The summed E-state index contributed by atoms with van der Waals surface area (Å²) in [6, 6.07) is 14.8. The minimum absolute atomic E-state index is 0.00300. The maximum atomic E-state index is 12.9. The summed E-state index contributed by atoms with van der Waals surface area (Å²) in [6.07, 6.45) is 1.54. The molecule has 2 heterocycles. The number of benzene rings is 2. The Morgan fingerprint density at radius 1 is 1.18 bits per heavy atom. The van der Waals surface area contributed by atoms with Crippen LogP contribution in [0.3, 0.4) is 0 Å². The van der Waals surface area contributed by atoms with E-state index in [1.165, 1.54) is 10.9 Å². The number of ether oxygens (including phenoxy) is 1. The van der Waals surface area contributed by atoms with Crippen molar-refractivity contribution in [1.82, 2.24) is 30.7 Å². The first-order chi connectivity index (χ1) is 16.5. The first-order valence-corrected chi connectivity index (χ1v) is 10.4. The standard InChI is InChI=1S/C22H23N9O3/c1-4-33-17-11-7-15(8-12-17)19-18(25-29-31(19)21-20(23)27-34-28-21)22(32)26-24-13-14-5-9-16(10-6-14)30(2)3/h5-13H,4H2,1-3H3,(H2,23,27)(H,26,32)/b24-13-. The van der Waals surface area contributed by atoms with E-state index in [1.807, 2.05) is 50.2 Å². The largest absolute Gasteiger partial charge is 0.494 e. The molecule has 4 rings (SSSR count). The number of hydrogen-bond acceptors (Lipinski definition) is 10. The Kier molecular flexibility index (Phi) is 6.48. The van der Waals surface area contributed by atoms with Gasteiger partial charge in [-0.1, -0.05) is 17.3 Å². The number of hydrogen-bond donors (Lipinski definition) is 2. The fraction of sp³-hybridized carbons (Fsp3) is 0.182. The lowest BCUT2D eigenvalue weighted by Crippen LogP contribution is -2.19. The lowest BCUT2D eigenvalue weighted by molar-refractivity contribution is 0.0950. The van der Waals surface area contributed by atoms with E-state index in [9.17, 15) is 4.79 Å². The van der Waals surface area contributed by atoms with E-state index < -0.39 is 5.91 Å². The van der Waals surface area contributed by atoms with Crippen LogP contribution < -0.4 is 20.8 Å². The van der Waals surface area contributed by atoms with Crippen molar-refractivity contribution in [3.63, 3.8) is 0 Å². The normalized spacial score (nSPS) is 11.0. The van der Waals surface area contributed by atoms with Gasteiger partial charge in [0.05, 0.1) is 12.8 Å². The molecule has 3 N–H and O–H groups in total. The van der Waals surface area contributed by atoms with Gasteiger partial charge < -0.3 is 15.4 Å². The third kappa shape index (κ3) is 4.70. The maximum Gasteiger partial charge on any atom is 0.294 e. The number of hydrazone groups is 1. The summed E-state index contributed by atoms with van der Waals surface area (Å²) in [5.74, 6) is 0.234. The molecule has 12 heteroatoms. The molecule has 0 fully saturated rings. The average molecular weight is 461 g/mol. The molecule has 0 aliphatic heterocycles. The molecule has 0 saturated heterocycles. The highest BCUT2D eigenvalue weighted by Gasteiger charge is 2.25. The van der Waals surface area contributed by atoms with Crippen LogP contribution in [0, 0.1) is 0 Å². The summed E-state index contributed by atoms with van der Waals surface area (Å²) in [7, 11) is 3.92. The second kappa shape index (κ2) is 9.81. The summed E-state index contributed by atoms with van der Waals surface area (Å²) in [6.45, 7) is 2.43. The zero-order chi connectivity index (χ0) is 24.1. The van der Waals surface area contributed by atoms with Crippen LogP contribution >= 0.6 is 0 Å². The predicted molar refractivity (Wildman–Crippen MR) is 126 cm³/mol. The van der Waals surface area contributed by atoms with E-state index in [2.05, 4.69) is 35.8 Å². The van der Waals surface area contributed by atoms with Gasteiger partial charge in [0.25, 0.3) is 5.91 Å². The molecular weight excluding hydrogens is 438 g/mol. The van der Waals surface area contributed by atoms with Gasteiger partial charge in [-0.3, -0.25) is 4.79 Å². The van der Waals surface area contributed by atoms with Crippen molar-refractivity contribution in [1.29, 1.82) is 0 Å². The van der Waals surface area contributed by atoms with Crippen LogP contribution in [-0.4, -0.2) is 58.1 Å². The van der Waals surface area contributed by atoms with E-state index in [1.54, 1.807) is 24.3 Å². The number of carbonyl (C=O) groups excluding carboxylic acids is 1. The second-order valence-electron chi connectivity index (χ2n) is 7.31. The first-order valence-electron chi connectivity index (χ1n) is 10.4. The lowest BCUT2D eigenvalue weighted by atomic mass is 10.1. The van der Waals surface area contributed by atoms with Crippen molar-refractivity contribution in [2.45, 2.75) is 6.92 Å². The number of nitrogen functional groups attached to an aromatic ring is 1. The lowest BCUT2D eigenvalue weighted by Gasteiger charge is -2.11. The highest BCUT2D eigenvalue weighted by Crippen LogP contribution is 2.28. The number of amides is 1. The highest BCUT2D eigenvalue weighted by molar-refractivity contribution is 5.98. The van der Waals surface area contributed by atoms with Crippen molar-refractivity contribution >= 4 is 23.6 Å². The summed E-state index contributed by atoms with van der Waals surface area (Å²) >= 11 is 0. The third-order valence-corrected chi connectivity index (χ3v) is 4.81. The van der Waals surface area contributed by atoms with Gasteiger partial charge in [-0.25, -0.2) is 10.1 Å². The maximum absolute atomic E-state index is 12.9. The first kappa shape index (κ1) is 22.5. The number of nitrogens with one attached hydrogen (secondary N) is 1. The van der Waals surface area contributed by atoms with Crippen molar-refractivity contribution in [2.24, 2.45) is 5.10 Å². The van der Waals surface area contributed by atoms with Crippen molar-refractivity contribution in [3.8, 4) is 22.8 Å². The zero-order valence-corrected chi connectivity index (χ0v) is 18.8. The van der Waals surface area contributed by atoms with Crippen LogP contribution in [0.25, 0.3) is 17.1 Å². The minimum atomic E-state index is -0.564. The van der Waals surface area contributed by atoms with Crippen molar-refractivity contribution in [3.05, 3.63) is 59.8 Å². The Morgan fingerprint density at radius 2 is 1.91 bits per heavy atom. The van der Waals surface area contributed by atoms with Gasteiger partial charge in [0.1, 0.15) is 11.4 Å². The number of aromatic nitrogens is 5. The molecule has 0 bridgehead atoms. The van der Waals surface area contributed by atoms with Crippen molar-refractivity contribution < 1.29 is 14.2 Å². The van der Waals surface area contributed by atoms with E-state index >= 15 is 0 Å². The number of nitrogens with zero attached hydrogens (tertiary/aromatic N) is 7. The van der Waals surface area contributed by atoms with Crippen LogP contribution in [-0.2, 0) is 0 Å². The SMILES string of the molecule is CCOc1ccc(-c2c(C(=O)N/N=C\c3ccc(N(C)C)cc3)nnn2-c2nonc2N)cc1. The van der Waals surface area contributed by atoms with Gasteiger partial charge in [-0.05, 0) is 59.2 Å². The fourth-order valence-electron chi connectivity index (χ4n) is 3.13. The van der Waals surface area contributed by atoms with E-state index in [-0.39, 0.29) is 17.3 Å². The fourth-order valence-corrected chi connectivity index (χ4v) is 3.13. The quantitative estimate of drug-likeness (QED) is 0.297. The summed E-state index contributed by atoms with van der Waals surface area (Å²) in [5.41, 5.74) is 11.2. The molecule has 2 aromatic heterocycles. The molecule has 0 radical (unpaired) electrons. The molecule has 0 spiro atoms. The third-order valence-electron chi connectivity index (χ3n) is 4.81. The average Bonchev–Trinajstić information content (AvgIpc) is 3.46. The second-order valence-corrected chi connectivity index (χ2v) is 7.31. The zero-order valence-electron chi connectivity index (χ0n) is 18.8. The Hall–Kier alpha value is -4.74. The smallest absolute Gasteiger partial charge is 0.294 e. The summed E-state index contributed by atoms with van der Waals surface area (Å²) < 4.78 is 11.5. The summed E-state index contributed by atoms with van der Waals surface area (Å²) in [5, 5.41) is 19.5. The number of rotatable bonds is 8. The van der Waals surface area contributed by atoms with Gasteiger partial charge in [0, 0.05) is 25.3 Å². The number of anilines is 2. The molecule has 1 amide bonds. The van der Waals surface area contributed by atoms with Gasteiger partial charge >= 0.3 is 0 Å². The molecule has 0 saturated carbocycles. The highest BCUT2D eigenvalue weighted by atomic mass is 16.6. The molecule has 4 aromatic rings. The Morgan fingerprint density at radius 3 is 2.53 bits per heavy atom. The number of nitrogens with two attached hydrogens (primary N) is 1. The molecule has 0 aliphatic carbocycles. The van der Waals surface area contributed by atoms with Crippen LogP contribution in [0.2, 0.25) is 0 Å². The van der Waals surface area contributed by atoms with Crippen LogP contribution in [0.1, 0.15) is 23.0 Å². The van der Waals surface area contributed by atoms with Crippen LogP contribution in [0.4, 0.5) is 11.5 Å². The van der Waals surface area contributed by atoms with E-state index in [4.69, 9.17) is 10.5 Å². The van der Waals surface area contributed by atoms with Gasteiger partial charge in [-0.2, -0.15) is 9.78 Å². The molecule has 34 heavy (non-hydrogen) atoms. The van der Waals surface area contributed by atoms with Gasteiger partial charge in [0.2, 0.25) is 11.6 Å². The molecule has 0 aliphatic rings. The number of carbonyl (C=O) groups is 1. The van der Waals surface area contributed by atoms with E-state index in [0.717, 1.165) is 11.3 Å². The monoisotopic (exact) mass is 461 g/mol. The molecule has 174 valence electrons. The van der Waals surface area contributed by atoms with Crippen LogP contribution in [0.15, 0.2) is 58.3 Å². The molecule has 12 nitrogen and oxygen atoms in total. The topological polar surface area (TPSA) is 150 Å². The summed E-state index contributed by atoms with van der Waals surface area (Å²) in [4.78, 5) is 14.9. The molecular formula is C22H23N9O3. The Bertz CT molecular complexity index is 1290. The van der Waals surface area contributed by atoms with Gasteiger partial charge in [0.15, 0.2) is 5.69 Å². The minimum Gasteiger partial charge on any atom is -0.494 e. The van der Waals surface area contributed by atoms with E-state index in [0.29, 0.717) is 23.6 Å². The predicted octanol–water partition coefficient (Wildman–Crippen LogP) is 2.13. The Labute approximate surface area is 195 Å². The molecule has 0 unspecified atom stereocenters. The van der Waals surface area contributed by atoms with Crippen LogP contribution in [0.5, 0.6) is 5.75 Å². The molecule has 0 atom stereocenters.